The third-order valence-corrected chi connectivity index (χ3v) is 1.35. The van der Waals surface area contributed by atoms with Gasteiger partial charge in [0.1, 0.15) is 0 Å². The highest BCUT2D eigenvalue weighted by atomic mass is 15.5. The molecule has 0 aromatic rings. The molecular formula is C5H6N4. The molecule has 1 N–H and O–H groups in total. The van der Waals surface area contributed by atoms with Gasteiger partial charge in [-0.15, -0.1) is 0 Å². The van der Waals surface area contributed by atoms with Crippen LogP contribution in [0, 0.1) is 0 Å². The van der Waals surface area contributed by atoms with Crippen molar-refractivity contribution in [1.29, 1.82) is 0 Å². The fourth-order valence-corrected chi connectivity index (χ4v) is 0.877. The second kappa shape index (κ2) is 1.40. The molecule has 0 amide bonds. The molecule has 0 radical (unpaired) electrons. The fraction of sp³-hybridized carbons (Fsp3) is 0.400. The van der Waals surface area contributed by atoms with E-state index in [-0.39, 0.29) is 0 Å². The van der Waals surface area contributed by atoms with Crippen molar-refractivity contribution in [2.24, 2.45) is 15.1 Å². The molecule has 0 aromatic carbocycles. The predicted molar refractivity (Wildman–Crippen MR) is 36.0 cm³/mol. The van der Waals surface area contributed by atoms with Crippen molar-refractivity contribution in [2.45, 2.75) is 12.2 Å². The van der Waals surface area contributed by atoms with Crippen molar-refractivity contribution >= 4 is 18.6 Å². The minimum atomic E-state index is -0.444. The molecular weight excluding hydrogens is 116 g/mol. The molecule has 0 saturated heterocycles. The van der Waals surface area contributed by atoms with Gasteiger partial charge in [-0.05, 0) is 0 Å². The lowest BCUT2D eigenvalue weighted by atomic mass is 10.3. The summed E-state index contributed by atoms with van der Waals surface area (Å²) in [5, 5.41) is 3.82. The van der Waals surface area contributed by atoms with Gasteiger partial charge >= 0.3 is 0 Å². The molecule has 0 unspecified atom stereocenters. The molecule has 4 heteroatoms. The van der Waals surface area contributed by atoms with Crippen molar-refractivity contribution in [3.8, 4) is 0 Å². The number of hydrogen-bond donors (Lipinski definition) is 1. The monoisotopic (exact) mass is 122 g/mol. The smallest absolute Gasteiger partial charge is 0.244 e. The van der Waals surface area contributed by atoms with Crippen LogP contribution in [0.2, 0.25) is 0 Å². The van der Waals surface area contributed by atoms with E-state index in [1.54, 1.807) is 18.6 Å². The molecule has 46 valence electrons. The second-order valence-electron chi connectivity index (χ2n) is 2.00. The summed E-state index contributed by atoms with van der Waals surface area (Å²) in [6.07, 6.45) is 5.91. The average Bonchev–Trinajstić information content (AvgIpc) is 2.45. The summed E-state index contributed by atoms with van der Waals surface area (Å²) in [7, 11) is 0. The fourth-order valence-electron chi connectivity index (χ4n) is 0.877. The van der Waals surface area contributed by atoms with Crippen molar-refractivity contribution in [1.82, 2.24) is 5.43 Å². The normalized spacial score (nSPS) is 25.8. The molecule has 2 aliphatic rings. The quantitative estimate of drug-likeness (QED) is 0.474. The zero-order valence-electron chi connectivity index (χ0n) is 4.78. The van der Waals surface area contributed by atoms with Gasteiger partial charge < -0.3 is 0 Å². The van der Waals surface area contributed by atoms with Crippen molar-refractivity contribution in [2.75, 3.05) is 0 Å². The maximum Gasteiger partial charge on any atom is 0.244 e. The average molecular weight is 122 g/mol. The first-order valence-corrected chi connectivity index (χ1v) is 2.79. The van der Waals surface area contributed by atoms with E-state index in [4.69, 9.17) is 0 Å². The van der Waals surface area contributed by atoms with Gasteiger partial charge in [0.25, 0.3) is 0 Å². The van der Waals surface area contributed by atoms with Crippen LogP contribution in [0.3, 0.4) is 0 Å². The molecule has 4 nitrogen and oxygen atoms in total. The highest BCUT2D eigenvalue weighted by Crippen LogP contribution is 2.18. The Labute approximate surface area is 52.4 Å². The zero-order valence-corrected chi connectivity index (χ0v) is 4.78. The van der Waals surface area contributed by atoms with E-state index in [2.05, 4.69) is 20.5 Å². The van der Waals surface area contributed by atoms with E-state index < -0.39 is 5.79 Å². The number of hydrazone groups is 1. The van der Waals surface area contributed by atoms with Crippen molar-refractivity contribution in [3.05, 3.63) is 0 Å². The Hall–Kier alpha value is -1.19. The third-order valence-electron chi connectivity index (χ3n) is 1.35. The summed E-state index contributed by atoms with van der Waals surface area (Å²) >= 11 is 0. The number of nitrogens with zero attached hydrogens (tertiary/aromatic N) is 3. The summed E-state index contributed by atoms with van der Waals surface area (Å²) in [4.78, 5) is 8.17. The van der Waals surface area contributed by atoms with Crippen LogP contribution in [0.4, 0.5) is 0 Å². The molecule has 0 saturated carbocycles. The van der Waals surface area contributed by atoms with Gasteiger partial charge in [-0.2, -0.15) is 5.10 Å². The van der Waals surface area contributed by atoms with E-state index in [1.807, 2.05) is 0 Å². The van der Waals surface area contributed by atoms with Crippen LogP contribution in [0.1, 0.15) is 6.42 Å². The van der Waals surface area contributed by atoms with Gasteiger partial charge in [0.2, 0.25) is 5.79 Å². The van der Waals surface area contributed by atoms with Crippen molar-refractivity contribution in [3.63, 3.8) is 0 Å². The Morgan fingerprint density at radius 2 is 2.11 bits per heavy atom. The Morgan fingerprint density at radius 1 is 1.33 bits per heavy atom. The Bertz CT molecular complexity index is 181. The summed E-state index contributed by atoms with van der Waals surface area (Å²) < 4.78 is 0. The Morgan fingerprint density at radius 3 is 2.67 bits per heavy atom. The largest absolute Gasteiger partial charge is 0.264 e. The molecule has 0 fully saturated rings. The molecule has 0 aliphatic carbocycles. The summed E-state index contributed by atoms with van der Waals surface area (Å²) in [6, 6.07) is 0. The van der Waals surface area contributed by atoms with Gasteiger partial charge in [0.15, 0.2) is 0 Å². The maximum atomic E-state index is 4.08. The first kappa shape index (κ1) is 4.67. The minimum Gasteiger partial charge on any atom is -0.264 e. The van der Waals surface area contributed by atoms with Gasteiger partial charge in [-0.3, -0.25) is 5.43 Å². The molecule has 2 heterocycles. The van der Waals surface area contributed by atoms with E-state index >= 15 is 0 Å². The molecule has 2 aliphatic heterocycles. The van der Waals surface area contributed by atoms with Crippen LogP contribution in [0.25, 0.3) is 0 Å². The number of aliphatic imine (C=N–C) groups is 2. The lowest BCUT2D eigenvalue weighted by Gasteiger charge is -2.13. The second-order valence-corrected chi connectivity index (χ2v) is 2.00. The van der Waals surface area contributed by atoms with Gasteiger partial charge in [-0.1, -0.05) is 0 Å². The standard InChI is InChI=1S/C5H6N4/c1-2-8-9-5(1)6-3-4-7-5/h2-4,9H,1H2. The highest BCUT2D eigenvalue weighted by Gasteiger charge is 2.30. The van der Waals surface area contributed by atoms with Gasteiger partial charge in [-0.25, -0.2) is 9.98 Å². The number of nitrogens with one attached hydrogen (secondary N) is 1. The predicted octanol–water partition coefficient (Wildman–Crippen LogP) is -0.226. The van der Waals surface area contributed by atoms with E-state index in [0.29, 0.717) is 0 Å². The summed E-state index contributed by atoms with van der Waals surface area (Å²) in [5.74, 6) is -0.444. The molecule has 9 heavy (non-hydrogen) atoms. The Kier molecular flexibility index (Phi) is 0.726. The highest BCUT2D eigenvalue weighted by molar-refractivity contribution is 6.17. The Balaban J connectivity index is 2.27. The lowest BCUT2D eigenvalue weighted by Crippen LogP contribution is -2.32. The summed E-state index contributed by atoms with van der Waals surface area (Å²) in [5.41, 5.74) is 2.81. The minimum absolute atomic E-state index is 0.444. The van der Waals surface area contributed by atoms with Gasteiger partial charge in [0, 0.05) is 18.6 Å². The molecule has 0 bridgehead atoms. The number of rotatable bonds is 0. The van der Waals surface area contributed by atoms with Crippen LogP contribution >= 0.6 is 0 Å². The zero-order chi connectivity index (χ0) is 6.16. The van der Waals surface area contributed by atoms with Crippen LogP contribution in [-0.4, -0.2) is 24.4 Å². The van der Waals surface area contributed by atoms with Crippen LogP contribution in [0.5, 0.6) is 0 Å². The first-order valence-electron chi connectivity index (χ1n) is 2.79. The summed E-state index contributed by atoms with van der Waals surface area (Å²) in [6.45, 7) is 0. The molecule has 2 rings (SSSR count). The third kappa shape index (κ3) is 0.558. The number of hydrogen-bond acceptors (Lipinski definition) is 4. The molecule has 1 spiro atoms. The maximum absolute atomic E-state index is 4.08. The SMILES string of the molecule is C1=NNC2(C1)N=CC=N2. The van der Waals surface area contributed by atoms with Gasteiger partial charge in [0.05, 0.1) is 6.42 Å². The molecule has 0 atom stereocenters. The van der Waals surface area contributed by atoms with E-state index in [9.17, 15) is 0 Å². The van der Waals surface area contributed by atoms with E-state index in [1.165, 1.54) is 0 Å². The lowest BCUT2D eigenvalue weighted by molar-refractivity contribution is 0.414. The first-order chi connectivity index (χ1) is 4.41. The van der Waals surface area contributed by atoms with Crippen LogP contribution in [-0.2, 0) is 0 Å². The van der Waals surface area contributed by atoms with Crippen LogP contribution in [0.15, 0.2) is 15.1 Å². The topological polar surface area (TPSA) is 49.1 Å². The van der Waals surface area contributed by atoms with Crippen LogP contribution < -0.4 is 5.43 Å². The van der Waals surface area contributed by atoms with Crippen molar-refractivity contribution < 1.29 is 0 Å². The molecule has 0 aromatic heterocycles. The van der Waals surface area contributed by atoms with E-state index in [0.717, 1.165) is 6.42 Å².